The van der Waals surface area contributed by atoms with Gasteiger partial charge in [-0.25, -0.2) is 12.8 Å². The molecular weight excluding hydrogens is 493 g/mol. The molecule has 184 valence electrons. The molecular formula is C25H25ClFN3O4S. The topological polar surface area (TPSA) is 79.0 Å². The number of carbonyl (C=O) groups excluding carboxylic acids is 1. The average Bonchev–Trinajstić information content (AvgIpc) is 2.86. The van der Waals surface area contributed by atoms with Crippen LogP contribution in [0.25, 0.3) is 0 Å². The summed E-state index contributed by atoms with van der Waals surface area (Å²) >= 11 is 6.13. The summed E-state index contributed by atoms with van der Waals surface area (Å²) in [5.74, 6) is -0.212. The fourth-order valence-electron chi connectivity index (χ4n) is 3.80. The molecule has 1 amide bonds. The lowest BCUT2D eigenvalue weighted by molar-refractivity contribution is -0.133. The van der Waals surface area contributed by atoms with Gasteiger partial charge >= 0.3 is 0 Å². The standard InChI is InChI=1S/C25H25ClFN3O4S/c1-18-2-3-19(26)16-24(18)29-12-14-30(15-13-29)25(31)17-34-22-8-10-23(11-9-22)35(32,33)28-21-6-4-20(27)5-7-21/h2-11,16,28H,12-15,17H2,1H3. The second-order valence-electron chi connectivity index (χ2n) is 8.17. The molecule has 0 unspecified atom stereocenters. The molecule has 3 aromatic rings. The number of amides is 1. The summed E-state index contributed by atoms with van der Waals surface area (Å²) in [6.07, 6.45) is 0. The lowest BCUT2D eigenvalue weighted by atomic mass is 10.1. The van der Waals surface area contributed by atoms with Crippen molar-refractivity contribution in [3.63, 3.8) is 0 Å². The largest absolute Gasteiger partial charge is 0.484 e. The molecule has 7 nitrogen and oxygen atoms in total. The Balaban J connectivity index is 1.28. The highest BCUT2D eigenvalue weighted by Crippen LogP contribution is 2.25. The Hall–Kier alpha value is -3.30. The Bertz CT molecular complexity index is 1290. The van der Waals surface area contributed by atoms with Crippen LogP contribution in [-0.2, 0) is 14.8 Å². The van der Waals surface area contributed by atoms with Gasteiger partial charge in [0.15, 0.2) is 6.61 Å². The fraction of sp³-hybridized carbons (Fsp3) is 0.240. The van der Waals surface area contributed by atoms with Crippen LogP contribution in [0.4, 0.5) is 15.8 Å². The van der Waals surface area contributed by atoms with Crippen molar-refractivity contribution in [2.24, 2.45) is 0 Å². The summed E-state index contributed by atoms with van der Waals surface area (Å²) in [7, 11) is -3.84. The van der Waals surface area contributed by atoms with E-state index in [0.29, 0.717) is 37.0 Å². The van der Waals surface area contributed by atoms with Gasteiger partial charge < -0.3 is 14.5 Å². The van der Waals surface area contributed by atoms with Crippen molar-refractivity contribution in [1.82, 2.24) is 4.90 Å². The third kappa shape index (κ3) is 6.23. The maximum atomic E-state index is 13.0. The predicted molar refractivity (Wildman–Crippen MR) is 134 cm³/mol. The molecule has 1 heterocycles. The molecule has 1 saturated heterocycles. The number of halogens is 2. The zero-order valence-electron chi connectivity index (χ0n) is 19.1. The number of aryl methyl sites for hydroxylation is 1. The quantitative estimate of drug-likeness (QED) is 0.505. The Labute approximate surface area is 209 Å². The van der Waals surface area contributed by atoms with Gasteiger partial charge in [-0.1, -0.05) is 17.7 Å². The van der Waals surface area contributed by atoms with Gasteiger partial charge in [0, 0.05) is 42.6 Å². The Kier molecular flexibility index (Phi) is 7.47. The third-order valence-electron chi connectivity index (χ3n) is 5.74. The summed E-state index contributed by atoms with van der Waals surface area (Å²) in [5, 5.41) is 0.683. The molecule has 0 aromatic heterocycles. The van der Waals surface area contributed by atoms with Crippen LogP contribution in [0.3, 0.4) is 0 Å². The van der Waals surface area contributed by atoms with Crippen LogP contribution in [0, 0.1) is 12.7 Å². The van der Waals surface area contributed by atoms with Crippen molar-refractivity contribution < 1.29 is 22.3 Å². The number of hydrogen-bond donors (Lipinski definition) is 1. The van der Waals surface area contributed by atoms with Crippen LogP contribution >= 0.6 is 11.6 Å². The van der Waals surface area contributed by atoms with Crippen molar-refractivity contribution in [2.75, 3.05) is 42.4 Å². The highest BCUT2D eigenvalue weighted by atomic mass is 35.5. The first-order valence-corrected chi connectivity index (χ1v) is 12.9. The number of rotatable bonds is 7. The van der Waals surface area contributed by atoms with E-state index < -0.39 is 15.8 Å². The highest BCUT2D eigenvalue weighted by molar-refractivity contribution is 7.92. The number of sulfonamides is 1. The first-order valence-electron chi connectivity index (χ1n) is 11.0. The molecule has 10 heteroatoms. The SMILES string of the molecule is Cc1ccc(Cl)cc1N1CCN(C(=O)COc2ccc(S(=O)(=O)Nc3ccc(F)cc3)cc2)CC1. The number of nitrogens with one attached hydrogen (secondary N) is 1. The molecule has 1 aliphatic rings. The van der Waals surface area contributed by atoms with E-state index in [2.05, 4.69) is 9.62 Å². The molecule has 35 heavy (non-hydrogen) atoms. The molecule has 1 N–H and O–H groups in total. The Morgan fingerprint density at radius 2 is 1.66 bits per heavy atom. The van der Waals surface area contributed by atoms with Gasteiger partial charge in [0.2, 0.25) is 0 Å². The van der Waals surface area contributed by atoms with Crippen LogP contribution in [-0.4, -0.2) is 52.0 Å². The molecule has 1 aliphatic heterocycles. The highest BCUT2D eigenvalue weighted by Gasteiger charge is 2.23. The number of piperazine rings is 1. The Morgan fingerprint density at radius 1 is 1.00 bits per heavy atom. The number of anilines is 2. The van der Waals surface area contributed by atoms with E-state index in [1.807, 2.05) is 25.1 Å². The number of carbonyl (C=O) groups is 1. The van der Waals surface area contributed by atoms with E-state index in [4.69, 9.17) is 16.3 Å². The lowest BCUT2D eigenvalue weighted by Crippen LogP contribution is -2.50. The Morgan fingerprint density at radius 3 is 2.31 bits per heavy atom. The summed E-state index contributed by atoms with van der Waals surface area (Å²) < 4.78 is 46.0. The molecule has 1 fully saturated rings. The zero-order chi connectivity index (χ0) is 25.0. The minimum atomic E-state index is -3.84. The molecule has 4 rings (SSSR count). The van der Waals surface area contributed by atoms with Gasteiger partial charge in [0.05, 0.1) is 4.90 Å². The van der Waals surface area contributed by atoms with Crippen molar-refractivity contribution in [2.45, 2.75) is 11.8 Å². The normalized spacial score (nSPS) is 14.0. The molecule has 0 aliphatic carbocycles. The van der Waals surface area contributed by atoms with Crippen LogP contribution in [0.2, 0.25) is 5.02 Å². The van der Waals surface area contributed by atoms with Gasteiger partial charge in [0.25, 0.3) is 15.9 Å². The summed E-state index contributed by atoms with van der Waals surface area (Å²) in [6, 6.07) is 16.6. The second kappa shape index (κ2) is 10.5. The number of hydrogen-bond acceptors (Lipinski definition) is 5. The molecule has 0 radical (unpaired) electrons. The van der Waals surface area contributed by atoms with Crippen LogP contribution < -0.4 is 14.4 Å². The number of benzene rings is 3. The van der Waals surface area contributed by atoms with E-state index in [-0.39, 0.29) is 23.1 Å². The summed E-state index contributed by atoms with van der Waals surface area (Å²) in [6.45, 7) is 4.42. The van der Waals surface area contributed by atoms with Gasteiger partial charge in [-0.05, 0) is 73.2 Å². The van der Waals surface area contributed by atoms with Crippen LogP contribution in [0.15, 0.2) is 71.6 Å². The maximum Gasteiger partial charge on any atom is 0.261 e. The van der Waals surface area contributed by atoms with Crippen molar-refractivity contribution >= 4 is 38.9 Å². The van der Waals surface area contributed by atoms with E-state index in [9.17, 15) is 17.6 Å². The van der Waals surface area contributed by atoms with E-state index in [0.717, 1.165) is 11.3 Å². The first-order chi connectivity index (χ1) is 16.7. The van der Waals surface area contributed by atoms with Crippen LogP contribution in [0.1, 0.15) is 5.56 Å². The summed E-state index contributed by atoms with van der Waals surface area (Å²) in [4.78, 5) is 16.6. The minimum Gasteiger partial charge on any atom is -0.484 e. The number of nitrogens with zero attached hydrogens (tertiary/aromatic N) is 2. The van der Waals surface area contributed by atoms with Gasteiger partial charge in [0.1, 0.15) is 11.6 Å². The van der Waals surface area contributed by atoms with Gasteiger partial charge in [-0.3, -0.25) is 9.52 Å². The first kappa shape index (κ1) is 24.8. The molecule has 0 bridgehead atoms. The predicted octanol–water partition coefficient (Wildman–Crippen LogP) is 4.32. The fourth-order valence-corrected chi connectivity index (χ4v) is 5.03. The van der Waals surface area contributed by atoms with Gasteiger partial charge in [-0.2, -0.15) is 0 Å². The number of ether oxygens (including phenoxy) is 1. The third-order valence-corrected chi connectivity index (χ3v) is 7.37. The van der Waals surface area contributed by atoms with E-state index >= 15 is 0 Å². The molecule has 0 spiro atoms. The lowest BCUT2D eigenvalue weighted by Gasteiger charge is -2.36. The minimum absolute atomic E-state index is 0.0212. The second-order valence-corrected chi connectivity index (χ2v) is 10.3. The monoisotopic (exact) mass is 517 g/mol. The van der Waals surface area contributed by atoms with Crippen molar-refractivity contribution in [3.05, 3.63) is 83.1 Å². The molecule has 0 saturated carbocycles. The molecule has 3 aromatic carbocycles. The zero-order valence-corrected chi connectivity index (χ0v) is 20.7. The van der Waals surface area contributed by atoms with Gasteiger partial charge in [-0.15, -0.1) is 0 Å². The van der Waals surface area contributed by atoms with E-state index in [1.54, 1.807) is 4.90 Å². The summed E-state index contributed by atoms with van der Waals surface area (Å²) in [5.41, 5.74) is 2.46. The molecule has 0 atom stereocenters. The van der Waals surface area contributed by atoms with Crippen molar-refractivity contribution in [3.8, 4) is 5.75 Å². The van der Waals surface area contributed by atoms with Crippen LogP contribution in [0.5, 0.6) is 5.75 Å². The smallest absolute Gasteiger partial charge is 0.261 e. The van der Waals surface area contributed by atoms with Crippen molar-refractivity contribution in [1.29, 1.82) is 0 Å². The maximum absolute atomic E-state index is 13.0. The van der Waals surface area contributed by atoms with E-state index in [1.165, 1.54) is 48.5 Å². The average molecular weight is 518 g/mol.